The van der Waals surface area contributed by atoms with Crippen molar-refractivity contribution in [1.82, 2.24) is 0 Å². The van der Waals surface area contributed by atoms with Crippen LogP contribution < -0.4 is 0 Å². The van der Waals surface area contributed by atoms with E-state index in [9.17, 15) is 0 Å². The van der Waals surface area contributed by atoms with Crippen LogP contribution in [0, 0.1) is 11.8 Å². The van der Waals surface area contributed by atoms with E-state index < -0.39 is 0 Å². The fourth-order valence-corrected chi connectivity index (χ4v) is 3.90. The van der Waals surface area contributed by atoms with Crippen molar-refractivity contribution in [2.75, 3.05) is 6.61 Å². The lowest BCUT2D eigenvalue weighted by Gasteiger charge is -2.43. The van der Waals surface area contributed by atoms with Crippen LogP contribution in [0.2, 0.25) is 0 Å². The summed E-state index contributed by atoms with van der Waals surface area (Å²) >= 11 is 0. The Labute approximate surface area is 89.4 Å². The van der Waals surface area contributed by atoms with Crippen LogP contribution in [0.15, 0.2) is 12.2 Å². The van der Waals surface area contributed by atoms with Crippen LogP contribution >= 0.6 is 0 Å². The van der Waals surface area contributed by atoms with Crippen molar-refractivity contribution in [3.05, 3.63) is 12.2 Å². The molecular formula is C12H16O3. The first-order valence-corrected chi connectivity index (χ1v) is 5.81. The Morgan fingerprint density at radius 1 is 1.47 bits per heavy atom. The Hall–Kier alpha value is -0.380. The van der Waals surface area contributed by atoms with Gasteiger partial charge in [0, 0.05) is 5.92 Å². The van der Waals surface area contributed by atoms with Crippen LogP contribution in [0.1, 0.15) is 19.8 Å². The highest BCUT2D eigenvalue weighted by atomic mass is 16.7. The fraction of sp³-hybridized carbons (Fsp3) is 0.833. The molecule has 0 radical (unpaired) electrons. The van der Waals surface area contributed by atoms with Crippen molar-refractivity contribution in [1.29, 1.82) is 0 Å². The summed E-state index contributed by atoms with van der Waals surface area (Å²) < 4.78 is 17.7. The van der Waals surface area contributed by atoms with E-state index in [0.717, 1.165) is 19.4 Å². The molecule has 6 atom stereocenters. The number of ether oxygens (including phenoxy) is 3. The van der Waals surface area contributed by atoms with Crippen LogP contribution in [0.5, 0.6) is 0 Å². The van der Waals surface area contributed by atoms with Gasteiger partial charge in [0.25, 0.3) is 0 Å². The first-order valence-electron chi connectivity index (χ1n) is 5.81. The van der Waals surface area contributed by atoms with E-state index in [1.54, 1.807) is 0 Å². The van der Waals surface area contributed by atoms with Gasteiger partial charge in [0.2, 0.25) is 0 Å². The molecule has 0 aromatic carbocycles. The highest BCUT2D eigenvalue weighted by molar-refractivity contribution is 5.20. The molecule has 1 saturated carbocycles. The van der Waals surface area contributed by atoms with E-state index in [2.05, 4.69) is 13.5 Å². The average molecular weight is 208 g/mol. The third-order valence-electron chi connectivity index (χ3n) is 4.73. The summed E-state index contributed by atoms with van der Waals surface area (Å²) in [5.41, 5.74) is 1.04. The molecule has 3 heterocycles. The molecule has 0 amide bonds. The molecule has 0 spiro atoms. The summed E-state index contributed by atoms with van der Waals surface area (Å²) in [4.78, 5) is 0. The van der Waals surface area contributed by atoms with E-state index in [1.807, 2.05) is 0 Å². The predicted octanol–water partition coefficient (Wildman–Crippen LogP) is 1.48. The molecule has 4 aliphatic rings. The minimum Gasteiger partial charge on any atom is -0.362 e. The second-order valence-electron chi connectivity index (χ2n) is 5.50. The summed E-state index contributed by atoms with van der Waals surface area (Å²) in [6.45, 7) is 7.03. The largest absolute Gasteiger partial charge is 0.362 e. The normalized spacial score (nSPS) is 61.1. The molecule has 3 saturated heterocycles. The lowest BCUT2D eigenvalue weighted by atomic mass is 9.68. The second-order valence-corrected chi connectivity index (χ2v) is 5.50. The molecule has 0 N–H and O–H groups in total. The Morgan fingerprint density at radius 3 is 3.20 bits per heavy atom. The average Bonchev–Trinajstić information content (AvgIpc) is 2.76. The molecule has 4 fully saturated rings. The third kappa shape index (κ3) is 0.884. The van der Waals surface area contributed by atoms with Crippen LogP contribution in [0.25, 0.3) is 0 Å². The maximum absolute atomic E-state index is 6.14. The standard InChI is InChI=1S/C12H16O3/c1-6-3-7-8-4-9(6)15-12(8,2)11-13-5-10(7)14-11/h7-11H,1,3-5H2,2H3/t7-,8+,9-,10+,11+,12+/m0/s1. The number of hydrogen-bond donors (Lipinski definition) is 0. The summed E-state index contributed by atoms with van der Waals surface area (Å²) in [6.07, 6.45) is 2.58. The van der Waals surface area contributed by atoms with E-state index in [0.29, 0.717) is 11.8 Å². The highest BCUT2D eigenvalue weighted by Gasteiger charge is 2.64. The van der Waals surface area contributed by atoms with E-state index in [-0.39, 0.29) is 24.1 Å². The number of rotatable bonds is 0. The Morgan fingerprint density at radius 2 is 2.33 bits per heavy atom. The van der Waals surface area contributed by atoms with Gasteiger partial charge in [0.15, 0.2) is 6.29 Å². The van der Waals surface area contributed by atoms with E-state index >= 15 is 0 Å². The van der Waals surface area contributed by atoms with Gasteiger partial charge in [-0.05, 0) is 31.3 Å². The first-order chi connectivity index (χ1) is 7.18. The van der Waals surface area contributed by atoms with E-state index in [1.165, 1.54) is 5.57 Å². The summed E-state index contributed by atoms with van der Waals surface area (Å²) in [6, 6.07) is 0. The smallest absolute Gasteiger partial charge is 0.187 e. The summed E-state index contributed by atoms with van der Waals surface area (Å²) in [5.74, 6) is 1.18. The molecule has 0 aromatic heterocycles. The predicted molar refractivity (Wildman–Crippen MR) is 53.2 cm³/mol. The Bertz CT molecular complexity index is 340. The molecule has 3 aliphatic heterocycles. The molecule has 4 bridgehead atoms. The Kier molecular flexibility index (Phi) is 1.44. The van der Waals surface area contributed by atoms with Crippen molar-refractivity contribution >= 4 is 0 Å². The van der Waals surface area contributed by atoms with Gasteiger partial charge in [-0.3, -0.25) is 0 Å². The number of hydrogen-bond acceptors (Lipinski definition) is 3. The van der Waals surface area contributed by atoms with Crippen molar-refractivity contribution in [3.8, 4) is 0 Å². The summed E-state index contributed by atoms with van der Waals surface area (Å²) in [7, 11) is 0. The SMILES string of the molecule is C=C1C[C@H]2[C@H]3C[C@@H]1O[C@@]3(C)[C@@H]1OC[C@H]2O1. The molecule has 82 valence electrons. The van der Waals surface area contributed by atoms with Crippen molar-refractivity contribution in [2.24, 2.45) is 11.8 Å². The van der Waals surface area contributed by atoms with Gasteiger partial charge >= 0.3 is 0 Å². The van der Waals surface area contributed by atoms with Gasteiger partial charge in [0.05, 0.1) is 18.8 Å². The topological polar surface area (TPSA) is 27.7 Å². The van der Waals surface area contributed by atoms with Gasteiger partial charge in [-0.1, -0.05) is 6.58 Å². The molecule has 3 heteroatoms. The Balaban J connectivity index is 1.84. The van der Waals surface area contributed by atoms with Crippen molar-refractivity contribution in [3.63, 3.8) is 0 Å². The van der Waals surface area contributed by atoms with Crippen molar-refractivity contribution < 1.29 is 14.2 Å². The third-order valence-corrected chi connectivity index (χ3v) is 4.73. The minimum absolute atomic E-state index is 0.139. The molecule has 0 aromatic rings. The van der Waals surface area contributed by atoms with E-state index in [4.69, 9.17) is 14.2 Å². The van der Waals surface area contributed by atoms with Crippen LogP contribution in [0.3, 0.4) is 0 Å². The van der Waals surface area contributed by atoms with Gasteiger partial charge in [-0.2, -0.15) is 0 Å². The molecule has 1 aliphatic carbocycles. The molecular weight excluding hydrogens is 192 g/mol. The van der Waals surface area contributed by atoms with Crippen molar-refractivity contribution in [2.45, 2.75) is 43.9 Å². The number of fused-ring (bicyclic) bond motifs is 5. The molecule has 4 rings (SSSR count). The quantitative estimate of drug-likeness (QED) is 0.564. The van der Waals surface area contributed by atoms with Gasteiger partial charge in [-0.15, -0.1) is 0 Å². The second kappa shape index (κ2) is 2.47. The van der Waals surface area contributed by atoms with Gasteiger partial charge in [-0.25, -0.2) is 0 Å². The zero-order valence-corrected chi connectivity index (χ0v) is 8.94. The molecule has 3 nitrogen and oxygen atoms in total. The van der Waals surface area contributed by atoms with Gasteiger partial charge in [0.1, 0.15) is 5.60 Å². The lowest BCUT2D eigenvalue weighted by molar-refractivity contribution is -0.234. The maximum atomic E-state index is 6.14. The maximum Gasteiger partial charge on any atom is 0.187 e. The van der Waals surface area contributed by atoms with Crippen LogP contribution in [-0.4, -0.2) is 30.7 Å². The van der Waals surface area contributed by atoms with Crippen LogP contribution in [-0.2, 0) is 14.2 Å². The fourth-order valence-electron chi connectivity index (χ4n) is 3.90. The van der Waals surface area contributed by atoms with Gasteiger partial charge < -0.3 is 14.2 Å². The monoisotopic (exact) mass is 208 g/mol. The molecule has 15 heavy (non-hydrogen) atoms. The van der Waals surface area contributed by atoms with Crippen LogP contribution in [0.4, 0.5) is 0 Å². The zero-order chi connectivity index (χ0) is 10.2. The summed E-state index contributed by atoms with van der Waals surface area (Å²) in [5, 5.41) is 0. The lowest BCUT2D eigenvalue weighted by Crippen LogP contribution is -2.53. The molecule has 0 unspecified atom stereocenters. The minimum atomic E-state index is -0.220. The highest BCUT2D eigenvalue weighted by Crippen LogP contribution is 2.57. The first kappa shape index (κ1) is 8.74. The zero-order valence-electron chi connectivity index (χ0n) is 8.94.